The Morgan fingerprint density at radius 1 is 1.02 bits per heavy atom. The van der Waals surface area contributed by atoms with Crippen LogP contribution in [-0.4, -0.2) is 67.3 Å². The lowest BCUT2D eigenvalue weighted by Crippen LogP contribution is -2.50. The minimum atomic E-state index is -3.44. The zero-order valence-corrected chi connectivity index (χ0v) is 35.0. The molecule has 11 atom stereocenters. The lowest BCUT2D eigenvalue weighted by molar-refractivity contribution is -0.156. The van der Waals surface area contributed by atoms with E-state index in [0.29, 0.717) is 17.4 Å². The molecule has 3 aliphatic rings. The molecule has 0 N–H and O–H groups in total. The predicted octanol–water partition coefficient (Wildman–Crippen LogP) is 9.40. The predicted molar refractivity (Wildman–Crippen MR) is 209 cm³/mol. The molecule has 4 rings (SSSR count). The van der Waals surface area contributed by atoms with Crippen LogP contribution in [0.15, 0.2) is 47.4 Å². The number of carbonyl (C=O) groups is 1. The second-order valence-electron chi connectivity index (χ2n) is 16.9. The van der Waals surface area contributed by atoms with Crippen LogP contribution in [0.3, 0.4) is 0 Å². The second-order valence-corrected chi connectivity index (χ2v) is 19.7. The van der Waals surface area contributed by atoms with Crippen LogP contribution in [0.5, 0.6) is 0 Å². The molecule has 3 fully saturated rings. The van der Waals surface area contributed by atoms with Crippen LogP contribution in [0, 0.1) is 35.0 Å². The standard InChI is InChI=1S/C41H65IO7S/c1-10-27(2)21-36-31(6)35(25-50(44,45)34-16-12-11-13-17-34)37(48-36)23-29(4)30(5)28(3)22-32-18-19-38-41(26-42,49-32)24-33(47-38)15-14-20-46-39(43)40(7,8)9/h11-13,16-17,27-29,31-33,35-38H,5,10,14-15,18-26H2,1-4,6-9H3/t27-,28-,29-,31-,32?,33+,35-,36-,37+,38+,41-/m1/s1. The van der Waals surface area contributed by atoms with E-state index in [1.54, 1.807) is 24.3 Å². The summed E-state index contributed by atoms with van der Waals surface area (Å²) in [7, 11) is -3.44. The molecule has 0 aromatic heterocycles. The summed E-state index contributed by atoms with van der Waals surface area (Å²) in [5.41, 5.74) is 0.426. The Morgan fingerprint density at radius 3 is 2.34 bits per heavy atom. The molecule has 0 spiro atoms. The quantitative estimate of drug-likeness (QED) is 0.0509. The maximum Gasteiger partial charge on any atom is 0.311 e. The van der Waals surface area contributed by atoms with Gasteiger partial charge < -0.3 is 18.9 Å². The third-order valence-electron chi connectivity index (χ3n) is 11.8. The fourth-order valence-electron chi connectivity index (χ4n) is 8.20. The summed E-state index contributed by atoms with van der Waals surface area (Å²) in [5, 5.41) is 0. The summed E-state index contributed by atoms with van der Waals surface area (Å²) in [6, 6.07) is 8.86. The highest BCUT2D eigenvalue weighted by molar-refractivity contribution is 14.1. The number of rotatable bonds is 17. The second kappa shape index (κ2) is 17.9. The number of ether oxygens (including phenoxy) is 4. The van der Waals surface area contributed by atoms with Gasteiger partial charge in [-0.1, -0.05) is 94.0 Å². The van der Waals surface area contributed by atoms with Crippen LogP contribution in [0.2, 0.25) is 0 Å². The van der Waals surface area contributed by atoms with Crippen molar-refractivity contribution in [3.05, 3.63) is 42.5 Å². The number of alkyl halides is 1. The molecule has 7 nitrogen and oxygen atoms in total. The van der Waals surface area contributed by atoms with Crippen LogP contribution in [0.4, 0.5) is 0 Å². The third kappa shape index (κ3) is 10.6. The van der Waals surface area contributed by atoms with Crippen molar-refractivity contribution in [1.82, 2.24) is 0 Å². The Kier molecular flexibility index (Phi) is 14.9. The first-order chi connectivity index (χ1) is 23.5. The molecular formula is C41H65IO7S. The third-order valence-corrected chi connectivity index (χ3v) is 14.9. The van der Waals surface area contributed by atoms with E-state index in [1.807, 2.05) is 26.8 Å². The monoisotopic (exact) mass is 828 g/mol. The summed E-state index contributed by atoms with van der Waals surface area (Å²) in [6.07, 6.45) is 8.48. The summed E-state index contributed by atoms with van der Waals surface area (Å²) >= 11 is 2.46. The normalized spacial score (nSPS) is 31.9. The molecular weight excluding hydrogens is 763 g/mol. The first-order valence-electron chi connectivity index (χ1n) is 19.2. The molecule has 284 valence electrons. The Labute approximate surface area is 317 Å². The molecule has 3 saturated heterocycles. The lowest BCUT2D eigenvalue weighted by Gasteiger charge is -2.42. The van der Waals surface area contributed by atoms with Gasteiger partial charge >= 0.3 is 5.97 Å². The van der Waals surface area contributed by atoms with Crippen molar-refractivity contribution in [2.75, 3.05) is 16.8 Å². The number of carbonyl (C=O) groups excluding carboxylic acids is 1. The van der Waals surface area contributed by atoms with E-state index in [-0.39, 0.29) is 71.5 Å². The summed E-state index contributed by atoms with van der Waals surface area (Å²) in [6.45, 7) is 21.8. The van der Waals surface area contributed by atoms with Crippen molar-refractivity contribution < 1.29 is 32.2 Å². The Balaban J connectivity index is 1.34. The zero-order chi connectivity index (χ0) is 36.9. The smallest absolute Gasteiger partial charge is 0.311 e. The SMILES string of the molecule is C=C([C@H](C)CC1CC[C@@H]2O[C@@H](CCCOC(=O)C(C)(C)C)C[C@]2(CI)O1)[C@H](C)C[C@@H]1O[C@H](C[C@H](C)CC)[C@H](C)[C@H]1CS(=O)(=O)c1ccccc1. The van der Waals surface area contributed by atoms with Crippen LogP contribution in [-0.2, 0) is 33.6 Å². The topological polar surface area (TPSA) is 88.1 Å². The molecule has 0 bridgehead atoms. The van der Waals surface area contributed by atoms with E-state index in [1.165, 1.54) is 5.57 Å². The number of allylic oxidation sites excluding steroid dienone is 1. The van der Waals surface area contributed by atoms with Crippen molar-refractivity contribution in [2.24, 2.45) is 35.0 Å². The van der Waals surface area contributed by atoms with Gasteiger partial charge in [-0.2, -0.15) is 0 Å². The molecule has 50 heavy (non-hydrogen) atoms. The van der Waals surface area contributed by atoms with Crippen molar-refractivity contribution in [3.63, 3.8) is 0 Å². The van der Waals surface area contributed by atoms with Crippen LogP contribution in [0.1, 0.15) is 113 Å². The van der Waals surface area contributed by atoms with Crippen LogP contribution >= 0.6 is 22.6 Å². The van der Waals surface area contributed by atoms with Crippen molar-refractivity contribution in [2.45, 2.75) is 154 Å². The Bertz CT molecular complexity index is 1360. The average Bonchev–Trinajstić information content (AvgIpc) is 3.58. The van der Waals surface area contributed by atoms with E-state index in [4.69, 9.17) is 18.9 Å². The molecule has 1 unspecified atom stereocenters. The van der Waals surface area contributed by atoms with Crippen LogP contribution in [0.25, 0.3) is 0 Å². The van der Waals surface area contributed by atoms with Gasteiger partial charge in [0.1, 0.15) is 5.60 Å². The van der Waals surface area contributed by atoms with Crippen LogP contribution < -0.4 is 0 Å². The molecule has 0 saturated carbocycles. The summed E-state index contributed by atoms with van der Waals surface area (Å²) in [5.74, 6) is 1.01. The highest BCUT2D eigenvalue weighted by Crippen LogP contribution is 2.46. The maximum atomic E-state index is 13.6. The molecule has 3 aliphatic heterocycles. The number of hydrogen-bond donors (Lipinski definition) is 0. The molecule has 0 amide bonds. The molecule has 0 aliphatic carbocycles. The number of halogens is 1. The van der Waals surface area contributed by atoms with Crippen molar-refractivity contribution >= 4 is 38.4 Å². The van der Waals surface area contributed by atoms with Gasteiger partial charge in [0.2, 0.25) is 0 Å². The van der Waals surface area contributed by atoms with E-state index in [0.717, 1.165) is 62.2 Å². The number of hydrogen-bond acceptors (Lipinski definition) is 7. The molecule has 1 aromatic carbocycles. The summed E-state index contributed by atoms with van der Waals surface area (Å²) in [4.78, 5) is 12.5. The van der Waals surface area contributed by atoms with E-state index in [9.17, 15) is 13.2 Å². The van der Waals surface area contributed by atoms with E-state index >= 15 is 0 Å². The van der Waals surface area contributed by atoms with Gasteiger partial charge in [-0.15, -0.1) is 0 Å². The fraction of sp³-hybridized carbons (Fsp3) is 0.780. The highest BCUT2D eigenvalue weighted by Gasteiger charge is 2.52. The minimum Gasteiger partial charge on any atom is -0.465 e. The fourth-order valence-corrected chi connectivity index (χ4v) is 11.0. The van der Waals surface area contributed by atoms with E-state index in [2.05, 4.69) is 63.8 Å². The minimum absolute atomic E-state index is 0.0628. The first kappa shape index (κ1) is 41.7. The number of sulfone groups is 1. The summed E-state index contributed by atoms with van der Waals surface area (Å²) < 4.78 is 53.7. The average molecular weight is 829 g/mol. The largest absolute Gasteiger partial charge is 0.465 e. The lowest BCUT2D eigenvalue weighted by atomic mass is 9.79. The molecule has 9 heteroatoms. The van der Waals surface area contributed by atoms with Gasteiger partial charge in [-0.3, -0.25) is 4.79 Å². The zero-order valence-electron chi connectivity index (χ0n) is 32.0. The highest BCUT2D eigenvalue weighted by atomic mass is 127. The van der Waals surface area contributed by atoms with Gasteiger partial charge in [0.15, 0.2) is 9.84 Å². The molecule has 3 heterocycles. The first-order valence-corrected chi connectivity index (χ1v) is 22.4. The number of esters is 1. The number of fused-ring (bicyclic) bond motifs is 1. The maximum absolute atomic E-state index is 13.6. The molecule has 0 radical (unpaired) electrons. The van der Waals surface area contributed by atoms with Gasteiger partial charge in [-0.25, -0.2) is 8.42 Å². The van der Waals surface area contributed by atoms with Gasteiger partial charge in [0, 0.05) is 16.8 Å². The van der Waals surface area contributed by atoms with Crippen molar-refractivity contribution in [3.8, 4) is 0 Å². The Hall–Kier alpha value is -1.01. The Morgan fingerprint density at radius 2 is 1.70 bits per heavy atom. The van der Waals surface area contributed by atoms with Gasteiger partial charge in [-0.05, 0) is 102 Å². The molecule has 1 aromatic rings. The van der Waals surface area contributed by atoms with Crippen molar-refractivity contribution in [1.29, 1.82) is 0 Å². The van der Waals surface area contributed by atoms with Gasteiger partial charge in [0.05, 0.1) is 53.2 Å². The van der Waals surface area contributed by atoms with Gasteiger partial charge in [0.25, 0.3) is 0 Å². The van der Waals surface area contributed by atoms with E-state index < -0.39 is 15.3 Å². The number of benzene rings is 1.